The zero-order chi connectivity index (χ0) is 26.1. The second-order valence-electron chi connectivity index (χ2n) is 13.6. The van der Waals surface area contributed by atoms with E-state index in [1.54, 1.807) is 6.92 Å². The van der Waals surface area contributed by atoms with E-state index in [1.807, 2.05) is 104 Å². The minimum atomic E-state index is -0.782. The molecule has 0 aromatic carbocycles. The molecule has 0 aromatic heterocycles. The highest BCUT2D eigenvalue weighted by molar-refractivity contribution is 6.33. The van der Waals surface area contributed by atoms with Crippen LogP contribution in [-0.2, 0) is 23.7 Å². The fourth-order valence-corrected chi connectivity index (χ4v) is 2.94. The number of rotatable bonds is 10. The molecule has 5 nitrogen and oxygen atoms in total. The highest BCUT2D eigenvalue weighted by Crippen LogP contribution is 2.44. The fraction of sp³-hybridized carbons (Fsp3) is 0.923. The van der Waals surface area contributed by atoms with Gasteiger partial charge < -0.3 is 14.1 Å². The molecule has 0 aliphatic rings. The Balaban J connectivity index is 5.46. The summed E-state index contributed by atoms with van der Waals surface area (Å²) < 4.78 is 18.3. The molecule has 0 aromatic rings. The summed E-state index contributed by atoms with van der Waals surface area (Å²) in [5, 5.41) is -0.482. The molecule has 0 saturated carbocycles. The maximum absolute atomic E-state index is 13.3. The van der Waals surface area contributed by atoms with Crippen molar-refractivity contribution in [3.05, 3.63) is 0 Å². The van der Waals surface area contributed by atoms with Crippen molar-refractivity contribution in [2.75, 3.05) is 0 Å². The van der Waals surface area contributed by atoms with Gasteiger partial charge in [0.25, 0.3) is 7.48 Å². The summed E-state index contributed by atoms with van der Waals surface area (Å²) in [6, 6.07) is 0. The minimum Gasteiger partial charge on any atom is -0.460 e. The Hall–Kier alpha value is -0.875. The lowest BCUT2D eigenvalue weighted by molar-refractivity contribution is -0.168. The maximum Gasteiger partial charge on any atom is 0.309 e. The van der Waals surface area contributed by atoms with Crippen LogP contribution in [0.2, 0.25) is 5.31 Å². The molecule has 6 heteroatoms. The van der Waals surface area contributed by atoms with Crippen molar-refractivity contribution >= 4 is 19.2 Å². The molecule has 0 rings (SSSR count). The van der Waals surface area contributed by atoms with Crippen molar-refractivity contribution in [2.24, 2.45) is 16.7 Å². The smallest absolute Gasteiger partial charge is 0.309 e. The fourth-order valence-electron chi connectivity index (χ4n) is 2.94. The first-order valence-electron chi connectivity index (χ1n) is 11.9. The third kappa shape index (κ3) is 7.86. The Bertz CT molecular complexity index is 663. The molecule has 0 bridgehead atoms. The SMILES string of the molecule is CC(OC(C)(C)C)C(=O)C(C)(C)C(C)(C)OBC(C)(C)C(C)(C)OC(=O)C(C)C(C)(C)C. The highest BCUT2D eigenvalue weighted by Gasteiger charge is 2.49. The largest absolute Gasteiger partial charge is 0.460 e. The topological polar surface area (TPSA) is 61.8 Å². The molecule has 2 atom stereocenters. The van der Waals surface area contributed by atoms with E-state index >= 15 is 0 Å². The van der Waals surface area contributed by atoms with Crippen molar-refractivity contribution in [3.63, 3.8) is 0 Å². The van der Waals surface area contributed by atoms with Gasteiger partial charge in [0.1, 0.15) is 11.7 Å². The van der Waals surface area contributed by atoms with Crippen LogP contribution in [0.4, 0.5) is 0 Å². The van der Waals surface area contributed by atoms with Crippen molar-refractivity contribution < 1.29 is 23.7 Å². The molecule has 0 radical (unpaired) electrons. The standard InChI is InChI=1S/C26H51BO5/c1-17(21(3,4)5)20(29)31-26(15,16)24(11,12)27-32-25(13,14)23(9,10)19(28)18(2)30-22(6,7)8/h17-18,27H,1-16H3. The molecule has 2 unspecified atom stereocenters. The van der Waals surface area contributed by atoms with Crippen LogP contribution in [0.1, 0.15) is 111 Å². The zero-order valence-corrected chi connectivity index (χ0v) is 23.9. The van der Waals surface area contributed by atoms with Crippen LogP contribution < -0.4 is 0 Å². The molecule has 0 aliphatic heterocycles. The molecule has 0 N–H and O–H groups in total. The number of carbonyl (C=O) groups is 2. The predicted molar refractivity (Wildman–Crippen MR) is 134 cm³/mol. The Morgan fingerprint density at radius 3 is 1.53 bits per heavy atom. The molecule has 0 amide bonds. The van der Waals surface area contributed by atoms with Gasteiger partial charge in [0, 0.05) is 5.31 Å². The van der Waals surface area contributed by atoms with Crippen LogP contribution in [0.25, 0.3) is 0 Å². The molecule has 32 heavy (non-hydrogen) atoms. The molecular formula is C26H51BO5. The van der Waals surface area contributed by atoms with Gasteiger partial charge in [-0.05, 0) is 60.8 Å². The van der Waals surface area contributed by atoms with E-state index in [0.717, 1.165) is 0 Å². The average Bonchev–Trinajstić information content (AvgIpc) is 2.55. The van der Waals surface area contributed by atoms with E-state index in [4.69, 9.17) is 14.1 Å². The lowest BCUT2D eigenvalue weighted by Crippen LogP contribution is -2.54. The van der Waals surface area contributed by atoms with Crippen LogP contribution in [-0.4, -0.2) is 42.1 Å². The van der Waals surface area contributed by atoms with Crippen molar-refractivity contribution in [3.8, 4) is 0 Å². The third-order valence-electron chi connectivity index (χ3n) is 7.45. The number of carbonyl (C=O) groups excluding carboxylic acids is 2. The first kappa shape index (κ1) is 31.1. The van der Waals surface area contributed by atoms with E-state index in [0.29, 0.717) is 7.48 Å². The Morgan fingerprint density at radius 1 is 0.719 bits per heavy atom. The number of ketones is 1. The van der Waals surface area contributed by atoms with Crippen LogP contribution in [0, 0.1) is 16.7 Å². The predicted octanol–water partition coefficient (Wildman–Crippen LogP) is 6.13. The summed E-state index contributed by atoms with van der Waals surface area (Å²) in [5.41, 5.74) is -2.87. The van der Waals surface area contributed by atoms with Gasteiger partial charge in [-0.25, -0.2) is 0 Å². The van der Waals surface area contributed by atoms with Gasteiger partial charge >= 0.3 is 5.97 Å². The molecule has 0 aliphatic carbocycles. The number of Topliss-reactive ketones (excluding diaryl/α,β-unsaturated/α-hetero) is 1. The number of hydrogen-bond acceptors (Lipinski definition) is 5. The highest BCUT2D eigenvalue weighted by atomic mass is 16.6. The molecule has 0 spiro atoms. The third-order valence-corrected chi connectivity index (χ3v) is 7.45. The molecule has 0 heterocycles. The number of ether oxygens (including phenoxy) is 2. The van der Waals surface area contributed by atoms with Crippen LogP contribution in [0.15, 0.2) is 0 Å². The normalized spacial score (nSPS) is 16.4. The first-order chi connectivity index (χ1) is 13.8. The van der Waals surface area contributed by atoms with Gasteiger partial charge in [-0.2, -0.15) is 0 Å². The van der Waals surface area contributed by atoms with Crippen molar-refractivity contribution in [1.82, 2.24) is 0 Å². The Morgan fingerprint density at radius 2 is 1.16 bits per heavy atom. The zero-order valence-electron chi connectivity index (χ0n) is 23.9. The van der Waals surface area contributed by atoms with E-state index < -0.39 is 33.6 Å². The maximum atomic E-state index is 13.3. The molecule has 0 saturated heterocycles. The summed E-state index contributed by atoms with van der Waals surface area (Å²) in [6.45, 7) is 31.2. The molecule has 0 fully saturated rings. The molecule has 188 valence electrons. The Labute approximate surface area is 199 Å². The summed E-state index contributed by atoms with van der Waals surface area (Å²) in [7, 11) is 0.329. The van der Waals surface area contributed by atoms with Gasteiger partial charge in [-0.3, -0.25) is 9.59 Å². The summed E-state index contributed by atoms with van der Waals surface area (Å²) in [6.07, 6.45) is -0.544. The van der Waals surface area contributed by atoms with E-state index in [1.165, 1.54) is 0 Å². The van der Waals surface area contributed by atoms with E-state index in [2.05, 4.69) is 0 Å². The monoisotopic (exact) mass is 454 g/mol. The second kappa shape index (κ2) is 9.78. The first-order valence-corrected chi connectivity index (χ1v) is 11.9. The van der Waals surface area contributed by atoms with Crippen molar-refractivity contribution in [2.45, 2.75) is 139 Å². The van der Waals surface area contributed by atoms with Gasteiger partial charge in [0.05, 0.1) is 22.5 Å². The van der Waals surface area contributed by atoms with E-state index in [9.17, 15) is 9.59 Å². The number of esters is 1. The lowest BCUT2D eigenvalue weighted by Gasteiger charge is -2.46. The van der Waals surface area contributed by atoms with Crippen LogP contribution in [0.5, 0.6) is 0 Å². The molecular weight excluding hydrogens is 403 g/mol. The minimum absolute atomic E-state index is 0.0000731. The van der Waals surface area contributed by atoms with Gasteiger partial charge in [0.2, 0.25) is 0 Å². The van der Waals surface area contributed by atoms with Gasteiger partial charge in [0.15, 0.2) is 5.78 Å². The quantitative estimate of drug-likeness (QED) is 0.293. The second-order valence-corrected chi connectivity index (χ2v) is 13.6. The summed E-state index contributed by atoms with van der Waals surface area (Å²) >= 11 is 0. The van der Waals surface area contributed by atoms with Gasteiger partial charge in [-0.1, -0.05) is 55.4 Å². The van der Waals surface area contributed by atoms with E-state index in [-0.39, 0.29) is 23.1 Å². The van der Waals surface area contributed by atoms with Crippen LogP contribution in [0.3, 0.4) is 0 Å². The Kier molecular flexibility index (Phi) is 9.51. The lowest BCUT2D eigenvalue weighted by atomic mass is 9.56. The average molecular weight is 455 g/mol. The van der Waals surface area contributed by atoms with Crippen LogP contribution >= 0.6 is 0 Å². The summed E-state index contributed by atoms with van der Waals surface area (Å²) in [4.78, 5) is 26.0. The summed E-state index contributed by atoms with van der Waals surface area (Å²) in [5.74, 6) is -0.436. The van der Waals surface area contributed by atoms with Crippen molar-refractivity contribution in [1.29, 1.82) is 0 Å². The van der Waals surface area contributed by atoms with Gasteiger partial charge in [-0.15, -0.1) is 0 Å². The number of hydrogen-bond donors (Lipinski definition) is 0.